The highest BCUT2D eigenvalue weighted by Crippen LogP contribution is 2.04. The Labute approximate surface area is 135 Å². The molecule has 0 aliphatic carbocycles. The van der Waals surface area contributed by atoms with Crippen LogP contribution in [0.2, 0.25) is 0 Å². The molecule has 0 spiro atoms. The van der Waals surface area contributed by atoms with Crippen molar-refractivity contribution in [1.82, 2.24) is 5.32 Å². The first-order valence-corrected chi connectivity index (χ1v) is 7.75. The number of benzene rings is 1. The number of carboxylic acids is 1. The Balaban J connectivity index is 0.00000400. The van der Waals surface area contributed by atoms with Crippen molar-refractivity contribution in [3.8, 4) is 0 Å². The molecule has 118 valence electrons. The minimum Gasteiger partial charge on any atom is -0.480 e. The summed E-state index contributed by atoms with van der Waals surface area (Å²) in [6.45, 7) is 0. The van der Waals surface area contributed by atoms with Gasteiger partial charge in [-0.15, -0.1) is 12.4 Å². The molecule has 0 unspecified atom stereocenters. The molecule has 1 amide bonds. The molecule has 0 aliphatic rings. The lowest BCUT2D eigenvalue weighted by Gasteiger charge is -2.17. The first-order chi connectivity index (χ1) is 9.54. The number of aliphatic carboxylic acids is 1. The fraction of sp³-hybridized carbons (Fsp3) is 0.429. The minimum atomic E-state index is -1.03. The molecule has 0 aromatic heterocycles. The predicted octanol–water partition coefficient (Wildman–Crippen LogP) is 1.30. The van der Waals surface area contributed by atoms with Gasteiger partial charge in [0.25, 0.3) is 0 Å². The molecular formula is C14H21ClN2O3S. The van der Waals surface area contributed by atoms with Gasteiger partial charge in [-0.25, -0.2) is 4.79 Å². The van der Waals surface area contributed by atoms with Gasteiger partial charge < -0.3 is 16.2 Å². The molecule has 1 aromatic carbocycles. The number of amides is 1. The van der Waals surface area contributed by atoms with Gasteiger partial charge in [-0.1, -0.05) is 30.3 Å². The maximum atomic E-state index is 11.9. The fourth-order valence-electron chi connectivity index (χ4n) is 1.73. The molecule has 4 N–H and O–H groups in total. The van der Waals surface area contributed by atoms with E-state index in [2.05, 4.69) is 5.32 Å². The van der Waals surface area contributed by atoms with Gasteiger partial charge in [0.2, 0.25) is 5.91 Å². The maximum Gasteiger partial charge on any atom is 0.326 e. The number of nitrogens with two attached hydrogens (primary N) is 1. The van der Waals surface area contributed by atoms with E-state index in [4.69, 9.17) is 10.8 Å². The van der Waals surface area contributed by atoms with Crippen LogP contribution in [0.25, 0.3) is 0 Å². The molecule has 2 atom stereocenters. The Morgan fingerprint density at radius 1 is 1.33 bits per heavy atom. The van der Waals surface area contributed by atoms with Crippen LogP contribution in [-0.2, 0) is 16.0 Å². The van der Waals surface area contributed by atoms with E-state index in [1.54, 1.807) is 0 Å². The Morgan fingerprint density at radius 3 is 2.48 bits per heavy atom. The summed E-state index contributed by atoms with van der Waals surface area (Å²) in [5.74, 6) is -0.785. The van der Waals surface area contributed by atoms with E-state index in [1.807, 2.05) is 36.6 Å². The van der Waals surface area contributed by atoms with Gasteiger partial charge in [0.1, 0.15) is 6.04 Å². The van der Waals surface area contributed by atoms with Gasteiger partial charge in [-0.2, -0.15) is 11.8 Å². The monoisotopic (exact) mass is 332 g/mol. The van der Waals surface area contributed by atoms with Gasteiger partial charge in [0.05, 0.1) is 6.04 Å². The molecule has 21 heavy (non-hydrogen) atoms. The number of rotatable bonds is 8. The summed E-state index contributed by atoms with van der Waals surface area (Å²) in [5.41, 5.74) is 6.77. The molecular weight excluding hydrogens is 312 g/mol. The van der Waals surface area contributed by atoms with Crippen molar-refractivity contribution >= 4 is 36.0 Å². The Morgan fingerprint density at radius 2 is 1.95 bits per heavy atom. The fourth-order valence-corrected chi connectivity index (χ4v) is 2.20. The van der Waals surface area contributed by atoms with E-state index in [1.165, 1.54) is 11.8 Å². The Hall–Kier alpha value is -1.24. The van der Waals surface area contributed by atoms with Crippen molar-refractivity contribution in [3.63, 3.8) is 0 Å². The Kier molecular flexibility index (Phi) is 9.86. The second kappa shape index (κ2) is 10.5. The molecule has 5 nitrogen and oxygen atoms in total. The zero-order valence-electron chi connectivity index (χ0n) is 11.8. The number of carbonyl (C=O) groups excluding carboxylic acids is 1. The summed E-state index contributed by atoms with van der Waals surface area (Å²) < 4.78 is 0. The summed E-state index contributed by atoms with van der Waals surface area (Å²) >= 11 is 1.54. The van der Waals surface area contributed by atoms with Crippen LogP contribution in [0.5, 0.6) is 0 Å². The smallest absolute Gasteiger partial charge is 0.326 e. The summed E-state index contributed by atoms with van der Waals surface area (Å²) in [4.78, 5) is 23.0. The number of carbonyl (C=O) groups is 2. The third-order valence-electron chi connectivity index (χ3n) is 2.86. The number of hydrogen-bond donors (Lipinski definition) is 3. The van der Waals surface area contributed by atoms with E-state index in [0.717, 1.165) is 5.56 Å². The van der Waals surface area contributed by atoms with E-state index >= 15 is 0 Å². The highest BCUT2D eigenvalue weighted by atomic mass is 35.5. The van der Waals surface area contributed by atoms with Crippen molar-refractivity contribution in [3.05, 3.63) is 35.9 Å². The first-order valence-electron chi connectivity index (χ1n) is 6.36. The van der Waals surface area contributed by atoms with Gasteiger partial charge in [0, 0.05) is 0 Å². The minimum absolute atomic E-state index is 0. The van der Waals surface area contributed by atoms with Gasteiger partial charge in [-0.05, 0) is 30.4 Å². The van der Waals surface area contributed by atoms with Crippen LogP contribution >= 0.6 is 24.2 Å². The van der Waals surface area contributed by atoms with Crippen molar-refractivity contribution < 1.29 is 14.7 Å². The van der Waals surface area contributed by atoms with Crippen LogP contribution in [0.3, 0.4) is 0 Å². The molecule has 0 heterocycles. The largest absolute Gasteiger partial charge is 0.480 e. The molecule has 0 radical (unpaired) electrons. The standard InChI is InChI=1S/C14H20N2O3S.ClH/c1-20-8-7-12(14(18)19)16-13(17)11(15)9-10-5-3-2-4-6-10;/h2-6,11-12H,7-9,15H2,1H3,(H,16,17)(H,18,19);1H/t11-,12-;/m0./s1. The van der Waals surface area contributed by atoms with E-state index < -0.39 is 24.0 Å². The third-order valence-corrected chi connectivity index (χ3v) is 3.50. The summed E-state index contributed by atoms with van der Waals surface area (Å²) in [5, 5.41) is 11.5. The van der Waals surface area contributed by atoms with Crippen molar-refractivity contribution in [2.75, 3.05) is 12.0 Å². The van der Waals surface area contributed by atoms with E-state index in [0.29, 0.717) is 18.6 Å². The number of nitrogens with one attached hydrogen (secondary N) is 1. The summed E-state index contributed by atoms with van der Waals surface area (Å²) in [6, 6.07) is 7.78. The van der Waals surface area contributed by atoms with E-state index in [-0.39, 0.29) is 12.4 Å². The molecule has 1 aromatic rings. The predicted molar refractivity (Wildman–Crippen MR) is 87.9 cm³/mol. The van der Waals surface area contributed by atoms with E-state index in [9.17, 15) is 9.59 Å². The Bertz CT molecular complexity index is 445. The van der Waals surface area contributed by atoms with Crippen LogP contribution in [0, 0.1) is 0 Å². The third kappa shape index (κ3) is 7.36. The van der Waals surface area contributed by atoms with Crippen LogP contribution in [0.1, 0.15) is 12.0 Å². The number of thioether (sulfide) groups is 1. The van der Waals surface area contributed by atoms with Gasteiger partial charge in [0.15, 0.2) is 0 Å². The second-order valence-electron chi connectivity index (χ2n) is 4.48. The number of hydrogen-bond acceptors (Lipinski definition) is 4. The zero-order chi connectivity index (χ0) is 15.0. The molecule has 0 fully saturated rings. The summed E-state index contributed by atoms with van der Waals surface area (Å²) in [7, 11) is 0. The van der Waals surface area contributed by atoms with Crippen LogP contribution in [0.15, 0.2) is 30.3 Å². The average Bonchev–Trinajstić information content (AvgIpc) is 2.43. The molecule has 0 bridgehead atoms. The summed E-state index contributed by atoms with van der Waals surface area (Å²) in [6.07, 6.45) is 2.67. The molecule has 0 aliphatic heterocycles. The maximum absolute atomic E-state index is 11.9. The highest BCUT2D eigenvalue weighted by Gasteiger charge is 2.22. The van der Waals surface area contributed by atoms with Crippen LogP contribution in [-0.4, -0.2) is 41.1 Å². The quantitative estimate of drug-likeness (QED) is 0.667. The number of carboxylic acid groups (broad SMARTS) is 1. The average molecular weight is 333 g/mol. The van der Waals surface area contributed by atoms with Gasteiger partial charge >= 0.3 is 5.97 Å². The molecule has 1 rings (SSSR count). The highest BCUT2D eigenvalue weighted by molar-refractivity contribution is 7.98. The number of halogens is 1. The molecule has 0 saturated carbocycles. The second-order valence-corrected chi connectivity index (χ2v) is 5.46. The molecule has 7 heteroatoms. The van der Waals surface area contributed by atoms with Crippen LogP contribution in [0.4, 0.5) is 0 Å². The van der Waals surface area contributed by atoms with Crippen molar-refractivity contribution in [2.45, 2.75) is 24.9 Å². The van der Waals surface area contributed by atoms with Crippen LogP contribution < -0.4 is 11.1 Å². The topological polar surface area (TPSA) is 92.4 Å². The lowest BCUT2D eigenvalue weighted by atomic mass is 10.1. The van der Waals surface area contributed by atoms with Crippen molar-refractivity contribution in [1.29, 1.82) is 0 Å². The zero-order valence-corrected chi connectivity index (χ0v) is 13.5. The van der Waals surface area contributed by atoms with Gasteiger partial charge in [-0.3, -0.25) is 4.79 Å². The lowest BCUT2D eigenvalue weighted by Crippen LogP contribution is -2.49. The SMILES string of the molecule is CSCC[C@H](NC(=O)[C@@H](N)Cc1ccccc1)C(=O)O.Cl. The van der Waals surface area contributed by atoms with Crippen molar-refractivity contribution in [2.24, 2.45) is 5.73 Å². The normalized spacial score (nSPS) is 12.9. The lowest BCUT2D eigenvalue weighted by molar-refractivity contribution is -0.142. The molecule has 0 saturated heterocycles. The first kappa shape index (κ1) is 19.8.